The third-order valence-corrected chi connectivity index (χ3v) is 2.41. The van der Waals surface area contributed by atoms with E-state index in [4.69, 9.17) is 5.73 Å². The molecule has 0 aliphatic rings. The minimum atomic E-state index is -0.171. The van der Waals surface area contributed by atoms with E-state index in [-0.39, 0.29) is 5.56 Å². The summed E-state index contributed by atoms with van der Waals surface area (Å²) in [6.45, 7) is 1.95. The molecule has 2 heterocycles. The minimum absolute atomic E-state index is 0.171. The van der Waals surface area contributed by atoms with Gasteiger partial charge in [0.1, 0.15) is 0 Å². The van der Waals surface area contributed by atoms with Crippen molar-refractivity contribution in [3.63, 3.8) is 0 Å². The van der Waals surface area contributed by atoms with Crippen molar-refractivity contribution in [2.45, 2.75) is 13.3 Å². The van der Waals surface area contributed by atoms with Crippen molar-refractivity contribution < 1.29 is 0 Å². The second-order valence-electron chi connectivity index (χ2n) is 2.57. The van der Waals surface area contributed by atoms with Crippen LogP contribution in [0.5, 0.6) is 0 Å². The van der Waals surface area contributed by atoms with Gasteiger partial charge in [-0.05, 0) is 6.42 Å². The Balaban J connectivity index is 2.83. The van der Waals surface area contributed by atoms with E-state index in [1.165, 1.54) is 21.9 Å². The van der Waals surface area contributed by atoms with E-state index >= 15 is 0 Å². The van der Waals surface area contributed by atoms with Gasteiger partial charge in [0.2, 0.25) is 10.1 Å². The fourth-order valence-corrected chi connectivity index (χ4v) is 1.74. The first kappa shape index (κ1) is 8.18. The zero-order valence-electron chi connectivity index (χ0n) is 7.02. The Labute approximate surface area is 77.8 Å². The molecule has 2 N–H and O–H groups in total. The summed E-state index contributed by atoms with van der Waals surface area (Å²) in [4.78, 5) is 16.2. The van der Waals surface area contributed by atoms with Gasteiger partial charge in [-0.2, -0.15) is 4.52 Å². The molecule has 0 aliphatic heterocycles. The second-order valence-corrected chi connectivity index (χ2v) is 3.56. The highest BCUT2D eigenvalue weighted by atomic mass is 32.1. The van der Waals surface area contributed by atoms with E-state index in [0.717, 1.165) is 12.1 Å². The first-order valence-corrected chi connectivity index (χ1v) is 4.67. The summed E-state index contributed by atoms with van der Waals surface area (Å²) in [6.07, 6.45) is 0.740. The molecule has 2 aromatic rings. The van der Waals surface area contributed by atoms with Gasteiger partial charge in [-0.1, -0.05) is 18.3 Å². The van der Waals surface area contributed by atoms with Crippen LogP contribution in [0.15, 0.2) is 10.9 Å². The molecule has 0 aliphatic carbocycles. The van der Waals surface area contributed by atoms with E-state index in [9.17, 15) is 4.79 Å². The number of rotatable bonds is 1. The van der Waals surface area contributed by atoms with Crippen LogP contribution in [0, 0.1) is 0 Å². The smallest absolute Gasteiger partial charge is 0.275 e. The quantitative estimate of drug-likeness (QED) is 0.711. The Morgan fingerprint density at radius 2 is 2.46 bits per heavy atom. The van der Waals surface area contributed by atoms with E-state index in [0.29, 0.717) is 10.1 Å². The van der Waals surface area contributed by atoms with Crippen molar-refractivity contribution in [3.05, 3.63) is 22.1 Å². The van der Waals surface area contributed by atoms with Crippen molar-refractivity contribution in [3.8, 4) is 0 Å². The van der Waals surface area contributed by atoms with Crippen molar-refractivity contribution in [1.29, 1.82) is 0 Å². The van der Waals surface area contributed by atoms with E-state index in [1.54, 1.807) is 0 Å². The fourth-order valence-electron chi connectivity index (χ4n) is 1.05. The molecule has 5 nitrogen and oxygen atoms in total. The van der Waals surface area contributed by atoms with Crippen LogP contribution in [0.25, 0.3) is 4.96 Å². The first-order chi connectivity index (χ1) is 6.20. The molecule has 0 amide bonds. The van der Waals surface area contributed by atoms with Gasteiger partial charge in [-0.15, -0.1) is 5.10 Å². The third-order valence-electron chi connectivity index (χ3n) is 1.68. The number of hydrogen-bond acceptors (Lipinski definition) is 5. The van der Waals surface area contributed by atoms with Gasteiger partial charge in [0.25, 0.3) is 5.56 Å². The minimum Gasteiger partial charge on any atom is -0.374 e. The van der Waals surface area contributed by atoms with Gasteiger partial charge in [-0.25, -0.2) is 4.98 Å². The summed E-state index contributed by atoms with van der Waals surface area (Å²) >= 11 is 1.21. The Morgan fingerprint density at radius 3 is 3.15 bits per heavy atom. The van der Waals surface area contributed by atoms with Crippen molar-refractivity contribution in [2.75, 3.05) is 5.73 Å². The number of aryl methyl sites for hydroxylation is 1. The highest BCUT2D eigenvalue weighted by Crippen LogP contribution is 2.12. The van der Waals surface area contributed by atoms with Gasteiger partial charge < -0.3 is 5.73 Å². The number of nitrogens with two attached hydrogens (primary N) is 1. The third kappa shape index (κ3) is 1.29. The van der Waals surface area contributed by atoms with Crippen molar-refractivity contribution in [2.24, 2.45) is 0 Å². The fraction of sp³-hybridized carbons (Fsp3) is 0.286. The van der Waals surface area contributed by atoms with Crippen molar-refractivity contribution in [1.82, 2.24) is 14.6 Å². The zero-order valence-corrected chi connectivity index (χ0v) is 7.84. The summed E-state index contributed by atoms with van der Waals surface area (Å²) in [5.74, 6) is 0. The molecule has 2 aromatic heterocycles. The number of nitrogen functional groups attached to an aromatic ring is 1. The van der Waals surface area contributed by atoms with Gasteiger partial charge in [-0.3, -0.25) is 4.79 Å². The number of hydrogen-bond donors (Lipinski definition) is 1. The van der Waals surface area contributed by atoms with E-state index < -0.39 is 0 Å². The monoisotopic (exact) mass is 196 g/mol. The molecule has 0 fully saturated rings. The lowest BCUT2D eigenvalue weighted by molar-refractivity contribution is 0.881. The largest absolute Gasteiger partial charge is 0.374 e. The predicted octanol–water partition coefficient (Wildman–Crippen LogP) is 0.296. The van der Waals surface area contributed by atoms with Gasteiger partial charge in [0.05, 0.1) is 0 Å². The highest BCUT2D eigenvalue weighted by molar-refractivity contribution is 7.20. The molecule has 0 radical (unpaired) electrons. The number of fused-ring (bicyclic) bond motifs is 1. The molecule has 0 bridgehead atoms. The van der Waals surface area contributed by atoms with E-state index in [2.05, 4.69) is 10.1 Å². The molecule has 0 saturated heterocycles. The Kier molecular flexibility index (Phi) is 1.77. The van der Waals surface area contributed by atoms with Crippen LogP contribution in [0.4, 0.5) is 5.13 Å². The molecular formula is C7H8N4OS. The van der Waals surface area contributed by atoms with Crippen LogP contribution < -0.4 is 11.3 Å². The van der Waals surface area contributed by atoms with Gasteiger partial charge in [0, 0.05) is 11.8 Å². The lowest BCUT2D eigenvalue weighted by atomic mass is 10.3. The normalized spacial score (nSPS) is 10.8. The molecule has 0 spiro atoms. The summed E-state index contributed by atoms with van der Waals surface area (Å²) in [5, 5.41) is 4.19. The molecular weight excluding hydrogens is 188 g/mol. The maximum absolute atomic E-state index is 11.4. The molecule has 0 saturated carbocycles. The zero-order chi connectivity index (χ0) is 9.42. The summed E-state index contributed by atoms with van der Waals surface area (Å²) in [6, 6.07) is 1.48. The molecule has 13 heavy (non-hydrogen) atoms. The van der Waals surface area contributed by atoms with Crippen LogP contribution in [-0.2, 0) is 6.42 Å². The summed E-state index contributed by atoms with van der Waals surface area (Å²) < 4.78 is 1.22. The van der Waals surface area contributed by atoms with Gasteiger partial charge >= 0.3 is 0 Å². The Morgan fingerprint density at radius 1 is 1.69 bits per heavy atom. The van der Waals surface area contributed by atoms with Crippen LogP contribution >= 0.6 is 11.3 Å². The first-order valence-electron chi connectivity index (χ1n) is 3.86. The molecule has 68 valence electrons. The number of nitrogens with zero attached hydrogens (tertiary/aromatic N) is 3. The van der Waals surface area contributed by atoms with Crippen LogP contribution in [-0.4, -0.2) is 14.6 Å². The topological polar surface area (TPSA) is 73.3 Å². The average Bonchev–Trinajstić information content (AvgIpc) is 2.46. The van der Waals surface area contributed by atoms with Crippen molar-refractivity contribution >= 4 is 21.4 Å². The Hall–Kier alpha value is -1.43. The lowest BCUT2D eigenvalue weighted by Gasteiger charge is -1.93. The standard InChI is InChI=1S/C7H8N4OS/c1-2-4-3-5(12)11-7(9-4)13-6(8)10-11/h3H,2H2,1H3,(H2,8,10). The molecule has 0 atom stereocenters. The molecule has 0 aromatic carbocycles. The highest BCUT2D eigenvalue weighted by Gasteiger charge is 2.05. The SMILES string of the molecule is CCc1cc(=O)n2nc(N)sc2n1. The summed E-state index contributed by atoms with van der Waals surface area (Å²) in [5.41, 5.74) is 6.06. The van der Waals surface area contributed by atoms with Gasteiger partial charge in [0.15, 0.2) is 0 Å². The average molecular weight is 196 g/mol. The predicted molar refractivity (Wildman–Crippen MR) is 50.9 cm³/mol. The van der Waals surface area contributed by atoms with Crippen LogP contribution in [0.1, 0.15) is 12.6 Å². The van der Waals surface area contributed by atoms with Crippen LogP contribution in [0.2, 0.25) is 0 Å². The Bertz CT molecular complexity index is 501. The van der Waals surface area contributed by atoms with Crippen LogP contribution in [0.3, 0.4) is 0 Å². The van der Waals surface area contributed by atoms with E-state index in [1.807, 2.05) is 6.92 Å². The number of aromatic nitrogens is 3. The maximum atomic E-state index is 11.4. The maximum Gasteiger partial charge on any atom is 0.275 e. The second kappa shape index (κ2) is 2.81. The summed E-state index contributed by atoms with van der Waals surface area (Å²) in [7, 11) is 0. The molecule has 0 unspecified atom stereocenters. The molecule has 6 heteroatoms. The molecule has 2 rings (SSSR count). The lowest BCUT2D eigenvalue weighted by Crippen LogP contribution is -2.15. The number of anilines is 1.